The molecule has 0 spiro atoms. The Morgan fingerprint density at radius 3 is 2.63 bits per heavy atom. The van der Waals surface area contributed by atoms with Crippen molar-refractivity contribution < 1.29 is 4.74 Å². The molecule has 0 aliphatic heterocycles. The molecule has 0 aliphatic rings. The van der Waals surface area contributed by atoms with Gasteiger partial charge in [0.05, 0.1) is 13.0 Å². The topological polar surface area (TPSA) is 60.8 Å². The summed E-state index contributed by atoms with van der Waals surface area (Å²) < 4.78 is 5.23. The van der Waals surface area contributed by atoms with Crippen LogP contribution in [0.3, 0.4) is 0 Å². The van der Waals surface area contributed by atoms with Crippen LogP contribution in [0.4, 0.5) is 0 Å². The molecule has 0 saturated heterocycles. The number of rotatable bonds is 5. The van der Waals surface area contributed by atoms with Crippen LogP contribution >= 0.6 is 11.6 Å². The van der Waals surface area contributed by atoms with E-state index in [0.717, 1.165) is 12.1 Å². The normalized spacial score (nSPS) is 10.5. The molecule has 0 saturated carbocycles. The summed E-state index contributed by atoms with van der Waals surface area (Å²) in [5.74, 6) is 0.556. The number of halogens is 1. The average molecular weight is 279 g/mol. The molecular formula is C13H15ClN4O. The van der Waals surface area contributed by atoms with E-state index in [-0.39, 0.29) is 11.3 Å². The second kappa shape index (κ2) is 6.43. The highest BCUT2D eigenvalue weighted by Gasteiger charge is 2.07. The van der Waals surface area contributed by atoms with E-state index in [0.29, 0.717) is 18.9 Å². The maximum absolute atomic E-state index is 5.84. The molecule has 0 fully saturated rings. The third-order valence-electron chi connectivity index (χ3n) is 2.54. The summed E-state index contributed by atoms with van der Waals surface area (Å²) in [4.78, 5) is 16.5. The smallest absolute Gasteiger partial charge is 0.320 e. The van der Waals surface area contributed by atoms with Crippen LogP contribution in [0.15, 0.2) is 18.3 Å². The van der Waals surface area contributed by atoms with Crippen LogP contribution in [0.5, 0.6) is 6.01 Å². The van der Waals surface area contributed by atoms with Gasteiger partial charge in [0.1, 0.15) is 5.82 Å². The molecular weight excluding hydrogens is 264 g/mol. The first-order valence-corrected chi connectivity index (χ1v) is 6.56. The van der Waals surface area contributed by atoms with E-state index in [4.69, 9.17) is 16.3 Å². The third kappa shape index (κ3) is 3.86. The Morgan fingerprint density at radius 1 is 1.16 bits per heavy atom. The fourth-order valence-electron chi connectivity index (χ4n) is 1.57. The van der Waals surface area contributed by atoms with E-state index in [9.17, 15) is 0 Å². The van der Waals surface area contributed by atoms with Gasteiger partial charge in [-0.15, -0.1) is 0 Å². The minimum Gasteiger partial charge on any atom is -0.464 e. The molecule has 0 aromatic carbocycles. The zero-order chi connectivity index (χ0) is 13.7. The van der Waals surface area contributed by atoms with Crippen LogP contribution in [0.1, 0.15) is 30.9 Å². The second-order valence-corrected chi connectivity index (χ2v) is 4.26. The first kappa shape index (κ1) is 13.7. The minimum atomic E-state index is 0.138. The molecule has 19 heavy (non-hydrogen) atoms. The van der Waals surface area contributed by atoms with Crippen LogP contribution in [-0.4, -0.2) is 26.5 Å². The molecule has 0 amide bonds. The van der Waals surface area contributed by atoms with Crippen LogP contribution in [0, 0.1) is 0 Å². The lowest BCUT2D eigenvalue weighted by atomic mass is 10.2. The fraction of sp³-hybridized carbons (Fsp3) is 0.385. The summed E-state index contributed by atoms with van der Waals surface area (Å²) in [6.45, 7) is 4.45. The monoisotopic (exact) mass is 278 g/mol. The lowest BCUT2D eigenvalue weighted by molar-refractivity contribution is 0.310. The lowest BCUT2D eigenvalue weighted by Gasteiger charge is -2.04. The predicted octanol–water partition coefficient (Wildman–Crippen LogP) is 2.47. The number of ether oxygens (including phenoxy) is 1. The van der Waals surface area contributed by atoms with Gasteiger partial charge in [-0.05, 0) is 36.6 Å². The van der Waals surface area contributed by atoms with E-state index < -0.39 is 0 Å². The van der Waals surface area contributed by atoms with Crippen LogP contribution in [0.2, 0.25) is 5.28 Å². The van der Waals surface area contributed by atoms with E-state index in [2.05, 4.69) is 32.9 Å². The number of nitrogens with zero attached hydrogens (tertiary/aromatic N) is 4. The fourth-order valence-corrected chi connectivity index (χ4v) is 1.74. The maximum atomic E-state index is 5.84. The maximum Gasteiger partial charge on any atom is 0.320 e. The summed E-state index contributed by atoms with van der Waals surface area (Å²) >= 11 is 5.84. The SMILES string of the molecule is CCOc1nc(Cl)nc(Cc2ccc(CC)cn2)n1. The van der Waals surface area contributed by atoms with E-state index in [1.807, 2.05) is 19.2 Å². The van der Waals surface area contributed by atoms with Crippen molar-refractivity contribution in [3.05, 3.63) is 40.7 Å². The van der Waals surface area contributed by atoms with Gasteiger partial charge < -0.3 is 4.74 Å². The van der Waals surface area contributed by atoms with Crippen molar-refractivity contribution in [2.24, 2.45) is 0 Å². The van der Waals surface area contributed by atoms with Crippen molar-refractivity contribution in [2.45, 2.75) is 26.7 Å². The van der Waals surface area contributed by atoms with Crippen molar-refractivity contribution in [1.29, 1.82) is 0 Å². The highest BCUT2D eigenvalue weighted by molar-refractivity contribution is 6.28. The van der Waals surface area contributed by atoms with Gasteiger partial charge in [0.15, 0.2) is 0 Å². The third-order valence-corrected chi connectivity index (χ3v) is 2.71. The van der Waals surface area contributed by atoms with Crippen LogP contribution in [0.25, 0.3) is 0 Å². The highest BCUT2D eigenvalue weighted by Crippen LogP contribution is 2.11. The number of pyridine rings is 1. The van der Waals surface area contributed by atoms with Crippen molar-refractivity contribution >= 4 is 11.6 Å². The van der Waals surface area contributed by atoms with Gasteiger partial charge in [-0.3, -0.25) is 4.98 Å². The van der Waals surface area contributed by atoms with E-state index in [1.165, 1.54) is 5.56 Å². The average Bonchev–Trinajstić information content (AvgIpc) is 2.39. The summed E-state index contributed by atoms with van der Waals surface area (Å²) in [5.41, 5.74) is 2.09. The molecule has 0 radical (unpaired) electrons. The molecule has 0 unspecified atom stereocenters. The Balaban J connectivity index is 2.17. The molecule has 2 aromatic rings. The Hall–Kier alpha value is -1.75. The molecule has 2 aromatic heterocycles. The van der Waals surface area contributed by atoms with E-state index >= 15 is 0 Å². The summed E-state index contributed by atoms with van der Waals surface area (Å²) in [6, 6.07) is 4.27. The second-order valence-electron chi connectivity index (χ2n) is 3.92. The van der Waals surface area contributed by atoms with Crippen molar-refractivity contribution in [3.63, 3.8) is 0 Å². The number of hydrogen-bond acceptors (Lipinski definition) is 5. The summed E-state index contributed by atoms with van der Waals surface area (Å²) in [6.07, 6.45) is 3.34. The highest BCUT2D eigenvalue weighted by atomic mass is 35.5. The predicted molar refractivity (Wildman–Crippen MR) is 72.4 cm³/mol. The summed E-state index contributed by atoms with van der Waals surface area (Å²) in [7, 11) is 0. The molecule has 0 aliphatic carbocycles. The minimum absolute atomic E-state index is 0.138. The van der Waals surface area contributed by atoms with Gasteiger partial charge in [-0.2, -0.15) is 9.97 Å². The molecule has 6 heteroatoms. The molecule has 0 bridgehead atoms. The zero-order valence-electron chi connectivity index (χ0n) is 10.9. The quantitative estimate of drug-likeness (QED) is 0.841. The molecule has 100 valence electrons. The van der Waals surface area contributed by atoms with Gasteiger partial charge in [0.2, 0.25) is 5.28 Å². The number of hydrogen-bond donors (Lipinski definition) is 0. The van der Waals surface area contributed by atoms with Gasteiger partial charge in [-0.25, -0.2) is 4.98 Å². The van der Waals surface area contributed by atoms with Gasteiger partial charge in [-0.1, -0.05) is 13.0 Å². The largest absolute Gasteiger partial charge is 0.464 e. The Bertz CT molecular complexity index is 545. The van der Waals surface area contributed by atoms with Gasteiger partial charge >= 0.3 is 6.01 Å². The van der Waals surface area contributed by atoms with Crippen LogP contribution < -0.4 is 4.74 Å². The summed E-state index contributed by atoms with van der Waals surface area (Å²) in [5, 5.41) is 0.138. The molecule has 0 N–H and O–H groups in total. The lowest BCUT2D eigenvalue weighted by Crippen LogP contribution is -2.05. The first-order valence-electron chi connectivity index (χ1n) is 6.18. The Kier molecular flexibility index (Phi) is 4.63. The standard InChI is InChI=1S/C13H15ClN4O/c1-3-9-5-6-10(15-8-9)7-11-16-12(14)18-13(17-11)19-4-2/h5-6,8H,3-4,7H2,1-2H3. The Morgan fingerprint density at radius 2 is 2.00 bits per heavy atom. The first-order chi connectivity index (χ1) is 9.21. The molecule has 2 heterocycles. The number of aromatic nitrogens is 4. The van der Waals surface area contributed by atoms with E-state index in [1.54, 1.807) is 0 Å². The molecule has 2 rings (SSSR count). The molecule has 0 atom stereocenters. The zero-order valence-corrected chi connectivity index (χ0v) is 11.7. The number of aryl methyl sites for hydroxylation is 1. The van der Waals surface area contributed by atoms with Gasteiger partial charge in [0.25, 0.3) is 0 Å². The van der Waals surface area contributed by atoms with Crippen molar-refractivity contribution in [3.8, 4) is 6.01 Å². The Labute approximate surface area is 117 Å². The molecule has 5 nitrogen and oxygen atoms in total. The van der Waals surface area contributed by atoms with Crippen molar-refractivity contribution in [1.82, 2.24) is 19.9 Å². The van der Waals surface area contributed by atoms with Crippen LogP contribution in [-0.2, 0) is 12.8 Å². The van der Waals surface area contributed by atoms with Crippen molar-refractivity contribution in [2.75, 3.05) is 6.61 Å². The van der Waals surface area contributed by atoms with Gasteiger partial charge in [0, 0.05) is 11.9 Å².